The highest BCUT2D eigenvalue weighted by Crippen LogP contribution is 2.42. The Bertz CT molecular complexity index is 1070. The fourth-order valence-corrected chi connectivity index (χ4v) is 6.28. The van der Waals surface area contributed by atoms with Crippen molar-refractivity contribution in [3.63, 3.8) is 0 Å². The number of carbonyl (C=O) groups excluding carboxylic acids is 1. The van der Waals surface area contributed by atoms with E-state index in [0.29, 0.717) is 16.6 Å². The van der Waals surface area contributed by atoms with E-state index in [0.717, 1.165) is 53.5 Å². The molecular formula is C19H17N5OS3. The molecule has 1 amide bonds. The molecule has 3 heterocycles. The van der Waals surface area contributed by atoms with Crippen LogP contribution in [0, 0.1) is 11.3 Å². The molecule has 0 bridgehead atoms. The Morgan fingerprint density at radius 1 is 1.39 bits per heavy atom. The molecule has 2 aliphatic rings. The Balaban J connectivity index is 1.30. The number of rotatable bonds is 6. The molecule has 0 aliphatic heterocycles. The van der Waals surface area contributed by atoms with Crippen LogP contribution in [0.2, 0.25) is 0 Å². The Hall–Kier alpha value is -2.15. The molecule has 2 aliphatic carbocycles. The predicted molar refractivity (Wildman–Crippen MR) is 112 cm³/mol. The van der Waals surface area contributed by atoms with Gasteiger partial charge in [0.05, 0.1) is 16.2 Å². The van der Waals surface area contributed by atoms with Crippen molar-refractivity contribution in [3.05, 3.63) is 33.5 Å². The lowest BCUT2D eigenvalue weighted by Crippen LogP contribution is -2.14. The van der Waals surface area contributed by atoms with E-state index in [2.05, 4.69) is 26.2 Å². The molecule has 1 N–H and O–H groups in total. The van der Waals surface area contributed by atoms with Crippen LogP contribution in [0.4, 0.5) is 5.00 Å². The molecule has 142 valence electrons. The third-order valence-electron chi connectivity index (χ3n) is 4.94. The summed E-state index contributed by atoms with van der Waals surface area (Å²) in [6, 6.07) is 6.76. The highest BCUT2D eigenvalue weighted by molar-refractivity contribution is 7.99. The second-order valence-corrected chi connectivity index (χ2v) is 9.89. The van der Waals surface area contributed by atoms with Crippen molar-refractivity contribution < 1.29 is 4.79 Å². The zero-order chi connectivity index (χ0) is 19.1. The molecule has 3 aromatic heterocycles. The number of hydrogen-bond acceptors (Lipinski definition) is 7. The zero-order valence-corrected chi connectivity index (χ0v) is 17.4. The van der Waals surface area contributed by atoms with Gasteiger partial charge in [-0.05, 0) is 49.1 Å². The lowest BCUT2D eigenvalue weighted by molar-refractivity contribution is -0.113. The standard InChI is InChI=1S/C19H17N5OS3/c20-9-13-12-3-1-4-14(12)28-18(13)21-16(25)10-27-19-23-22-17(15-5-2-8-26-15)24(19)11-6-7-11/h2,5,8,11H,1,3-4,6-7,10H2,(H,21,25). The molecule has 5 rings (SSSR count). The minimum absolute atomic E-state index is 0.107. The third kappa shape index (κ3) is 3.26. The summed E-state index contributed by atoms with van der Waals surface area (Å²) in [6.45, 7) is 0. The van der Waals surface area contributed by atoms with Gasteiger partial charge < -0.3 is 5.32 Å². The van der Waals surface area contributed by atoms with Gasteiger partial charge in [0.25, 0.3) is 0 Å². The number of hydrogen-bond donors (Lipinski definition) is 1. The Labute approximate surface area is 174 Å². The number of anilines is 1. The average molecular weight is 428 g/mol. The van der Waals surface area contributed by atoms with Crippen molar-refractivity contribution in [1.82, 2.24) is 14.8 Å². The number of nitriles is 1. The van der Waals surface area contributed by atoms with Crippen molar-refractivity contribution in [2.24, 2.45) is 0 Å². The summed E-state index contributed by atoms with van der Waals surface area (Å²) in [5, 5.41) is 24.6. The third-order valence-corrected chi connectivity index (χ3v) is 7.95. The molecule has 0 spiro atoms. The topological polar surface area (TPSA) is 83.6 Å². The van der Waals surface area contributed by atoms with E-state index in [-0.39, 0.29) is 11.7 Å². The molecule has 28 heavy (non-hydrogen) atoms. The zero-order valence-electron chi connectivity index (χ0n) is 15.0. The smallest absolute Gasteiger partial charge is 0.235 e. The largest absolute Gasteiger partial charge is 0.316 e. The molecule has 6 nitrogen and oxygen atoms in total. The first kappa shape index (κ1) is 17.9. The van der Waals surface area contributed by atoms with Gasteiger partial charge in [0.15, 0.2) is 11.0 Å². The summed E-state index contributed by atoms with van der Waals surface area (Å²) >= 11 is 4.61. The van der Waals surface area contributed by atoms with Crippen molar-refractivity contribution in [1.29, 1.82) is 5.26 Å². The van der Waals surface area contributed by atoms with Crippen molar-refractivity contribution in [3.8, 4) is 16.8 Å². The number of carbonyl (C=O) groups is 1. The van der Waals surface area contributed by atoms with Gasteiger partial charge in [0, 0.05) is 10.9 Å². The van der Waals surface area contributed by atoms with Crippen LogP contribution < -0.4 is 5.32 Å². The Morgan fingerprint density at radius 3 is 3.04 bits per heavy atom. The number of amides is 1. The molecule has 0 atom stereocenters. The van der Waals surface area contributed by atoms with Crippen LogP contribution in [0.5, 0.6) is 0 Å². The molecule has 0 saturated heterocycles. The van der Waals surface area contributed by atoms with E-state index < -0.39 is 0 Å². The van der Waals surface area contributed by atoms with E-state index in [4.69, 9.17) is 0 Å². The summed E-state index contributed by atoms with van der Waals surface area (Å²) in [6.07, 6.45) is 5.30. The minimum Gasteiger partial charge on any atom is -0.316 e. The van der Waals surface area contributed by atoms with Crippen molar-refractivity contribution >= 4 is 45.3 Å². The lowest BCUT2D eigenvalue weighted by atomic mass is 10.1. The van der Waals surface area contributed by atoms with Gasteiger partial charge in [-0.2, -0.15) is 5.26 Å². The summed E-state index contributed by atoms with van der Waals surface area (Å²) in [5.74, 6) is 1.04. The van der Waals surface area contributed by atoms with Gasteiger partial charge in [0.1, 0.15) is 11.1 Å². The number of nitrogens with zero attached hydrogens (tertiary/aromatic N) is 4. The predicted octanol–water partition coefficient (Wildman–Crippen LogP) is 4.49. The van der Waals surface area contributed by atoms with Gasteiger partial charge in [0.2, 0.25) is 5.91 Å². The van der Waals surface area contributed by atoms with Crippen LogP contribution in [0.25, 0.3) is 10.7 Å². The van der Waals surface area contributed by atoms with Gasteiger partial charge in [-0.25, -0.2) is 0 Å². The normalized spacial score (nSPS) is 15.4. The van der Waals surface area contributed by atoms with Gasteiger partial charge >= 0.3 is 0 Å². The first-order valence-electron chi connectivity index (χ1n) is 9.20. The average Bonchev–Trinajstić information content (AvgIpc) is 3.11. The quantitative estimate of drug-likeness (QED) is 0.586. The maximum atomic E-state index is 12.5. The molecule has 0 radical (unpaired) electrons. The Morgan fingerprint density at radius 2 is 2.29 bits per heavy atom. The van der Waals surface area contributed by atoms with Crippen LogP contribution in [0.3, 0.4) is 0 Å². The fraction of sp³-hybridized carbons (Fsp3) is 0.368. The summed E-state index contributed by atoms with van der Waals surface area (Å²) in [7, 11) is 0. The highest BCUT2D eigenvalue weighted by atomic mass is 32.2. The van der Waals surface area contributed by atoms with Gasteiger partial charge in [-0.1, -0.05) is 17.8 Å². The van der Waals surface area contributed by atoms with E-state index in [9.17, 15) is 10.1 Å². The number of fused-ring (bicyclic) bond motifs is 1. The monoisotopic (exact) mass is 427 g/mol. The second-order valence-electron chi connectivity index (χ2n) is 6.89. The van der Waals surface area contributed by atoms with E-state index >= 15 is 0 Å². The number of aromatic nitrogens is 3. The molecule has 3 aromatic rings. The number of thiophene rings is 2. The molecule has 0 aromatic carbocycles. The molecular weight excluding hydrogens is 410 g/mol. The van der Waals surface area contributed by atoms with Crippen molar-refractivity contribution in [2.45, 2.75) is 43.3 Å². The van der Waals surface area contributed by atoms with Crippen LogP contribution in [-0.2, 0) is 17.6 Å². The first-order valence-corrected chi connectivity index (χ1v) is 11.9. The maximum Gasteiger partial charge on any atom is 0.235 e. The van der Waals surface area contributed by atoms with Crippen molar-refractivity contribution in [2.75, 3.05) is 11.1 Å². The number of nitrogens with one attached hydrogen (secondary N) is 1. The maximum absolute atomic E-state index is 12.5. The summed E-state index contributed by atoms with van der Waals surface area (Å²) in [4.78, 5) is 14.9. The number of aryl methyl sites for hydroxylation is 1. The van der Waals surface area contributed by atoms with Gasteiger partial charge in [-0.15, -0.1) is 32.9 Å². The molecule has 9 heteroatoms. The fourth-order valence-electron chi connectivity index (χ4n) is 3.51. The summed E-state index contributed by atoms with van der Waals surface area (Å²) in [5.41, 5.74) is 1.78. The number of thioether (sulfide) groups is 1. The molecule has 1 saturated carbocycles. The van der Waals surface area contributed by atoms with E-state index in [1.807, 2.05) is 17.5 Å². The molecule has 0 unspecified atom stereocenters. The van der Waals surface area contributed by atoms with Crippen LogP contribution in [0.15, 0.2) is 22.7 Å². The second kappa shape index (κ2) is 7.35. The van der Waals surface area contributed by atoms with E-state index in [1.54, 1.807) is 22.7 Å². The van der Waals surface area contributed by atoms with Gasteiger partial charge in [-0.3, -0.25) is 9.36 Å². The van der Waals surface area contributed by atoms with E-state index in [1.165, 1.54) is 16.6 Å². The lowest BCUT2D eigenvalue weighted by Gasteiger charge is -2.08. The summed E-state index contributed by atoms with van der Waals surface area (Å²) < 4.78 is 2.17. The SMILES string of the molecule is N#Cc1c(NC(=O)CSc2nnc(-c3cccs3)n2C2CC2)sc2c1CCC2. The van der Waals surface area contributed by atoms with Crippen LogP contribution >= 0.6 is 34.4 Å². The Kier molecular flexibility index (Phi) is 4.70. The van der Waals surface area contributed by atoms with Crippen LogP contribution in [0.1, 0.15) is 41.3 Å². The minimum atomic E-state index is -0.107. The molecule has 1 fully saturated rings. The van der Waals surface area contributed by atoms with Crippen LogP contribution in [-0.4, -0.2) is 26.4 Å². The highest BCUT2D eigenvalue weighted by Gasteiger charge is 2.31. The first-order chi connectivity index (χ1) is 13.7.